The molecule has 0 bridgehead atoms. The molecule has 14 aromatic rings. The molecule has 0 radical (unpaired) electrons. The molecule has 0 aliphatic rings. The molecule has 13 aromatic carbocycles. The normalized spacial score (nSPS) is 12.1. The van der Waals surface area contributed by atoms with Crippen molar-refractivity contribution in [3.8, 4) is 50.5 Å². The average Bonchev–Trinajstić information content (AvgIpc) is 4.02. The Kier molecular flexibility index (Phi) is 7.14. The van der Waals surface area contributed by atoms with Crippen molar-refractivity contribution in [3.63, 3.8) is 0 Å². The summed E-state index contributed by atoms with van der Waals surface area (Å²) in [6.45, 7) is 0. The fraction of sp³-hybridized carbons (Fsp3) is 0. The first-order valence-corrected chi connectivity index (χ1v) is 21.8. The fourth-order valence-electron chi connectivity index (χ4n) is 11.1. The third kappa shape index (κ3) is 4.81. The number of hydrogen-bond donors (Lipinski definition) is 0. The molecule has 0 spiro atoms. The first-order chi connectivity index (χ1) is 31.3. The van der Waals surface area contributed by atoms with Gasteiger partial charge in [0.2, 0.25) is 0 Å². The lowest BCUT2D eigenvalue weighted by Crippen LogP contribution is -1.97. The Bertz CT molecular complexity index is 4090. The van der Waals surface area contributed by atoms with Crippen LogP contribution in [0.1, 0.15) is 0 Å². The van der Waals surface area contributed by atoms with E-state index in [-0.39, 0.29) is 0 Å². The maximum absolute atomic E-state index is 5.16. The summed E-state index contributed by atoms with van der Waals surface area (Å²) in [7, 11) is 0. The molecule has 0 saturated heterocycles. The molecule has 0 aliphatic heterocycles. The van der Waals surface area contributed by atoms with Crippen LogP contribution < -0.4 is 0 Å². The van der Waals surface area contributed by atoms with Crippen LogP contribution in [0.2, 0.25) is 0 Å². The molecule has 2 nitrogen and oxygen atoms in total. The molecular weight excluding hydrogens is 761 g/mol. The van der Waals surface area contributed by atoms with E-state index in [1.807, 2.05) is 0 Å². The molecule has 0 amide bonds. The molecule has 1 aromatic heterocycles. The van der Waals surface area contributed by atoms with E-state index >= 15 is 0 Å². The zero-order valence-electron chi connectivity index (χ0n) is 34.2. The van der Waals surface area contributed by atoms with E-state index in [2.05, 4.69) is 223 Å². The Hall–Kier alpha value is -8.33. The first-order valence-electron chi connectivity index (χ1n) is 21.8. The van der Waals surface area contributed by atoms with Gasteiger partial charge in [-0.3, -0.25) is 4.57 Å². The largest absolute Gasteiger partial charge is 0.292 e. The fourth-order valence-corrected chi connectivity index (χ4v) is 11.1. The quantitative estimate of drug-likeness (QED) is 0.159. The van der Waals surface area contributed by atoms with Crippen LogP contribution in [0.4, 0.5) is 0 Å². The smallest absolute Gasteiger partial charge is 0.145 e. The summed E-state index contributed by atoms with van der Waals surface area (Å²) in [4.78, 5) is 5.16. The van der Waals surface area contributed by atoms with E-state index in [4.69, 9.17) is 4.98 Å². The maximum Gasteiger partial charge on any atom is 0.145 e. The van der Waals surface area contributed by atoms with Gasteiger partial charge in [0.1, 0.15) is 5.82 Å². The zero-order valence-corrected chi connectivity index (χ0v) is 34.2. The number of para-hydroxylation sites is 3. The highest BCUT2D eigenvalue weighted by atomic mass is 15.1. The summed E-state index contributed by atoms with van der Waals surface area (Å²) < 4.78 is 2.27. The van der Waals surface area contributed by atoms with E-state index in [1.165, 1.54) is 109 Å². The van der Waals surface area contributed by atoms with Crippen molar-refractivity contribution < 1.29 is 0 Å². The second-order valence-corrected chi connectivity index (χ2v) is 16.9. The van der Waals surface area contributed by atoms with Gasteiger partial charge in [-0.1, -0.05) is 188 Å². The van der Waals surface area contributed by atoms with Crippen LogP contribution in [0.5, 0.6) is 0 Å². The molecule has 0 unspecified atom stereocenters. The topological polar surface area (TPSA) is 17.8 Å². The summed E-state index contributed by atoms with van der Waals surface area (Å²) in [6.07, 6.45) is 0. The van der Waals surface area contributed by atoms with Crippen LogP contribution in [-0.4, -0.2) is 9.55 Å². The Labute approximate surface area is 363 Å². The minimum absolute atomic E-state index is 0.935. The molecule has 1 heterocycles. The molecule has 290 valence electrons. The van der Waals surface area contributed by atoms with Gasteiger partial charge >= 0.3 is 0 Å². The van der Waals surface area contributed by atoms with Gasteiger partial charge in [0, 0.05) is 11.3 Å². The zero-order chi connectivity index (χ0) is 41.2. The highest BCUT2D eigenvalue weighted by Crippen LogP contribution is 2.55. The van der Waals surface area contributed by atoms with Crippen molar-refractivity contribution in [2.24, 2.45) is 0 Å². The Balaban J connectivity index is 1.08. The molecule has 2 heteroatoms. The van der Waals surface area contributed by atoms with Gasteiger partial charge in [0.25, 0.3) is 0 Å². The minimum atomic E-state index is 0.935. The van der Waals surface area contributed by atoms with Gasteiger partial charge in [-0.2, -0.15) is 0 Å². The van der Waals surface area contributed by atoms with Gasteiger partial charge in [0.15, 0.2) is 0 Å². The van der Waals surface area contributed by atoms with E-state index in [0.717, 1.165) is 28.1 Å². The summed E-state index contributed by atoms with van der Waals surface area (Å²) >= 11 is 0. The standard InChI is InChI=1S/C61H36N2/c1-4-16-38(17-5-1)54-51-36-50-44-23-11-10-22-43(44)46-25-15-26-47(57(46)50)58(51)55(39-18-6-2-7-19-39)60-48-27-14-24-45-42(34-35-49(56(45)48)59(54)60)37-30-32-40(33-31-37)61-62-52-28-12-13-29-53(52)63(61)41-20-8-3-9-21-41/h1-36H. The first kappa shape index (κ1) is 34.4. The van der Waals surface area contributed by atoms with E-state index in [0.29, 0.717) is 0 Å². The number of fused-ring (bicyclic) bond motifs is 9. The van der Waals surface area contributed by atoms with Crippen molar-refractivity contribution in [3.05, 3.63) is 218 Å². The molecule has 14 rings (SSSR count). The van der Waals surface area contributed by atoms with E-state index < -0.39 is 0 Å². The Morgan fingerprint density at radius 2 is 0.810 bits per heavy atom. The van der Waals surface area contributed by atoms with Crippen molar-refractivity contribution in [1.29, 1.82) is 0 Å². The van der Waals surface area contributed by atoms with Crippen molar-refractivity contribution in [2.45, 2.75) is 0 Å². The number of imidazole rings is 1. The summed E-state index contributed by atoms with van der Waals surface area (Å²) in [5.74, 6) is 0.935. The van der Waals surface area contributed by atoms with Gasteiger partial charge in [-0.05, 0) is 139 Å². The van der Waals surface area contributed by atoms with Crippen molar-refractivity contribution in [2.75, 3.05) is 0 Å². The monoisotopic (exact) mass is 796 g/mol. The molecule has 0 atom stereocenters. The molecule has 0 N–H and O–H groups in total. The average molecular weight is 797 g/mol. The predicted octanol–water partition coefficient (Wildman–Crippen LogP) is 16.6. The number of nitrogens with zero attached hydrogens (tertiary/aromatic N) is 2. The Morgan fingerprint density at radius 3 is 1.56 bits per heavy atom. The van der Waals surface area contributed by atoms with E-state index in [1.54, 1.807) is 0 Å². The van der Waals surface area contributed by atoms with Crippen LogP contribution >= 0.6 is 0 Å². The molecule has 0 saturated carbocycles. The van der Waals surface area contributed by atoms with Crippen molar-refractivity contribution >= 4 is 86.4 Å². The predicted molar refractivity (Wildman–Crippen MR) is 268 cm³/mol. The Morgan fingerprint density at radius 1 is 0.286 bits per heavy atom. The lowest BCUT2D eigenvalue weighted by Gasteiger charge is -2.19. The van der Waals surface area contributed by atoms with Gasteiger partial charge in [0.05, 0.1) is 11.0 Å². The minimum Gasteiger partial charge on any atom is -0.292 e. The highest BCUT2D eigenvalue weighted by molar-refractivity contribution is 6.45. The van der Waals surface area contributed by atoms with Crippen LogP contribution in [0.25, 0.3) is 137 Å². The number of hydrogen-bond acceptors (Lipinski definition) is 1. The molecule has 0 aliphatic carbocycles. The van der Waals surface area contributed by atoms with Crippen LogP contribution in [-0.2, 0) is 0 Å². The van der Waals surface area contributed by atoms with Gasteiger partial charge in [-0.15, -0.1) is 0 Å². The molecule has 63 heavy (non-hydrogen) atoms. The molecule has 0 fully saturated rings. The maximum atomic E-state index is 5.16. The number of benzene rings is 11. The molecular formula is C61H36N2. The second kappa shape index (κ2) is 13.1. The lowest BCUT2D eigenvalue weighted by molar-refractivity contribution is 1.10. The SMILES string of the molecule is c1ccc(-c2c3cc4c5ccccc5c5cccc(c3c(-c3ccccc3)c3c6cccc7c(-c8ccc(-c9nc%10ccccc%10n9-c9ccccc9)cc8)ccc(c23)c76)c54)cc1. The number of rotatable bonds is 5. The third-order valence-corrected chi connectivity index (χ3v) is 13.7. The lowest BCUT2D eigenvalue weighted by atomic mass is 9.84. The van der Waals surface area contributed by atoms with Crippen LogP contribution in [0.3, 0.4) is 0 Å². The summed E-state index contributed by atoms with van der Waals surface area (Å²) in [5, 5.41) is 18.3. The highest BCUT2D eigenvalue weighted by Gasteiger charge is 2.27. The summed E-state index contributed by atoms with van der Waals surface area (Å²) in [5.41, 5.74) is 11.7. The van der Waals surface area contributed by atoms with Crippen molar-refractivity contribution in [1.82, 2.24) is 9.55 Å². The number of aromatic nitrogens is 2. The second-order valence-electron chi connectivity index (χ2n) is 16.9. The third-order valence-electron chi connectivity index (χ3n) is 13.7. The van der Waals surface area contributed by atoms with Gasteiger partial charge in [-0.25, -0.2) is 4.98 Å². The van der Waals surface area contributed by atoms with E-state index in [9.17, 15) is 0 Å². The summed E-state index contributed by atoms with van der Waals surface area (Å²) in [6, 6.07) is 80.3. The van der Waals surface area contributed by atoms with Crippen LogP contribution in [0, 0.1) is 0 Å². The van der Waals surface area contributed by atoms with Crippen LogP contribution in [0.15, 0.2) is 218 Å². The van der Waals surface area contributed by atoms with Gasteiger partial charge < -0.3 is 0 Å².